The van der Waals surface area contributed by atoms with Gasteiger partial charge < -0.3 is 4.43 Å². The summed E-state index contributed by atoms with van der Waals surface area (Å²) in [7, 11) is -3.52. The van der Waals surface area contributed by atoms with Gasteiger partial charge >= 0.3 is 0 Å². The van der Waals surface area contributed by atoms with E-state index in [0.717, 1.165) is 6.42 Å². The van der Waals surface area contributed by atoms with Crippen molar-refractivity contribution >= 4 is 22.5 Å². The number of hydrogen-bond acceptors (Lipinski definition) is 1. The molecule has 0 aliphatic carbocycles. The lowest BCUT2D eigenvalue weighted by Gasteiger charge is -2.54. The third-order valence-electron chi connectivity index (χ3n) is 4.83. The molecule has 4 heteroatoms. The highest BCUT2D eigenvalue weighted by molar-refractivity contribution is 7.67. The molecule has 0 amide bonds. The van der Waals surface area contributed by atoms with Gasteiger partial charge in [-0.05, 0) is 25.6 Å². The average molecular weight is 259 g/mol. The van der Waals surface area contributed by atoms with Gasteiger partial charge in [0, 0.05) is 13.7 Å². The Balaban J connectivity index is 2.96. The van der Waals surface area contributed by atoms with Gasteiger partial charge in [0.15, 0.2) is 7.83 Å². The largest absolute Gasteiger partial charge is 0.417 e. The molecular formula is C11H26OSi3. The van der Waals surface area contributed by atoms with Crippen LogP contribution >= 0.6 is 0 Å². The van der Waals surface area contributed by atoms with Gasteiger partial charge in [-0.3, -0.25) is 0 Å². The van der Waals surface area contributed by atoms with Crippen molar-refractivity contribution in [2.45, 2.75) is 57.9 Å². The molecule has 88 valence electrons. The van der Waals surface area contributed by atoms with E-state index in [0.29, 0.717) is 6.10 Å². The van der Waals surface area contributed by atoms with Crippen LogP contribution in [0, 0.1) is 0 Å². The maximum atomic E-state index is 6.43. The van der Waals surface area contributed by atoms with Crippen LogP contribution in [0.1, 0.15) is 6.42 Å². The van der Waals surface area contributed by atoms with Crippen molar-refractivity contribution in [2.24, 2.45) is 0 Å². The molecule has 1 heterocycles. The topological polar surface area (TPSA) is 9.23 Å². The molecule has 0 N–H and O–H groups in total. The van der Waals surface area contributed by atoms with Crippen LogP contribution in [0.15, 0.2) is 12.7 Å². The molecule has 1 aliphatic rings. The van der Waals surface area contributed by atoms with Crippen LogP contribution in [0.5, 0.6) is 0 Å². The van der Waals surface area contributed by atoms with E-state index in [1.165, 1.54) is 6.04 Å². The Kier molecular flexibility index (Phi) is 3.56. The SMILES string of the molecule is C=CCC1C[Si](C)(C)[Si](C)(C)[Si](C)(C)O1. The zero-order valence-electron chi connectivity index (χ0n) is 11.2. The fourth-order valence-electron chi connectivity index (χ4n) is 2.56. The van der Waals surface area contributed by atoms with Crippen LogP contribution in [-0.2, 0) is 4.43 Å². The van der Waals surface area contributed by atoms with Crippen LogP contribution in [0.25, 0.3) is 0 Å². The summed E-state index contributed by atoms with van der Waals surface area (Å²) in [6.07, 6.45) is 3.57. The Morgan fingerprint density at radius 3 is 2.13 bits per heavy atom. The first-order chi connectivity index (χ1) is 6.64. The first-order valence-electron chi connectivity index (χ1n) is 5.93. The molecule has 1 aliphatic heterocycles. The Labute approximate surface area is 97.7 Å². The fraction of sp³-hybridized carbons (Fsp3) is 0.818. The Morgan fingerprint density at radius 2 is 1.73 bits per heavy atom. The zero-order chi connectivity index (χ0) is 11.9. The van der Waals surface area contributed by atoms with E-state index in [-0.39, 0.29) is 0 Å². The lowest BCUT2D eigenvalue weighted by atomic mass is 10.3. The van der Waals surface area contributed by atoms with Crippen molar-refractivity contribution in [2.75, 3.05) is 0 Å². The maximum absolute atomic E-state index is 6.43. The van der Waals surface area contributed by atoms with Crippen molar-refractivity contribution in [3.05, 3.63) is 12.7 Å². The summed E-state index contributed by atoms with van der Waals surface area (Å²) in [6.45, 7) is 19.1. The molecule has 0 aromatic rings. The van der Waals surface area contributed by atoms with Crippen LogP contribution in [0.4, 0.5) is 0 Å². The van der Waals surface area contributed by atoms with E-state index < -0.39 is 22.5 Å². The Hall–Kier alpha value is 0.351. The normalized spacial score (nSPS) is 32.3. The average Bonchev–Trinajstić information content (AvgIpc) is 2.00. The molecule has 1 fully saturated rings. The highest BCUT2D eigenvalue weighted by atomic mass is 29.6. The molecule has 0 radical (unpaired) electrons. The highest BCUT2D eigenvalue weighted by Crippen LogP contribution is 2.40. The first-order valence-corrected chi connectivity index (χ1v) is 17.0. The smallest absolute Gasteiger partial charge is 0.171 e. The summed E-state index contributed by atoms with van der Waals surface area (Å²) in [4.78, 5) is 0. The second-order valence-electron chi connectivity index (χ2n) is 6.49. The monoisotopic (exact) mass is 258 g/mol. The van der Waals surface area contributed by atoms with Crippen molar-refractivity contribution < 1.29 is 4.43 Å². The van der Waals surface area contributed by atoms with Gasteiger partial charge in [-0.25, -0.2) is 0 Å². The van der Waals surface area contributed by atoms with E-state index >= 15 is 0 Å². The van der Waals surface area contributed by atoms with E-state index in [4.69, 9.17) is 4.43 Å². The van der Waals surface area contributed by atoms with Crippen LogP contribution < -0.4 is 0 Å². The predicted molar refractivity (Wildman–Crippen MR) is 76.9 cm³/mol. The fourth-order valence-corrected chi connectivity index (χ4v) is 32.2. The molecule has 1 saturated heterocycles. The molecule has 1 rings (SSSR count). The minimum absolute atomic E-state index is 0.492. The highest BCUT2D eigenvalue weighted by Gasteiger charge is 2.58. The lowest BCUT2D eigenvalue weighted by Crippen LogP contribution is -2.76. The van der Waals surface area contributed by atoms with Gasteiger partial charge in [0.2, 0.25) is 0 Å². The van der Waals surface area contributed by atoms with Gasteiger partial charge in [0.25, 0.3) is 0 Å². The van der Waals surface area contributed by atoms with Crippen molar-refractivity contribution in [3.8, 4) is 0 Å². The van der Waals surface area contributed by atoms with Crippen molar-refractivity contribution in [1.82, 2.24) is 0 Å². The van der Waals surface area contributed by atoms with Gasteiger partial charge in [-0.1, -0.05) is 32.3 Å². The standard InChI is InChI=1S/C11H26OSi3/c1-8-9-11-10-13(2,3)15(6,7)14(4,5)12-11/h8,11H,1,9-10H2,2-7H3. The van der Waals surface area contributed by atoms with Crippen LogP contribution in [0.3, 0.4) is 0 Å². The summed E-state index contributed by atoms with van der Waals surface area (Å²) in [5.74, 6) is 0. The first kappa shape index (κ1) is 13.4. The number of rotatable bonds is 2. The minimum atomic E-state index is -1.40. The summed E-state index contributed by atoms with van der Waals surface area (Å²) in [6, 6.07) is 1.36. The van der Waals surface area contributed by atoms with E-state index in [1.54, 1.807) is 0 Å². The summed E-state index contributed by atoms with van der Waals surface area (Å²) < 4.78 is 6.43. The number of hydrogen-bond donors (Lipinski definition) is 0. The van der Waals surface area contributed by atoms with E-state index in [1.807, 2.05) is 6.08 Å². The molecule has 1 unspecified atom stereocenters. The van der Waals surface area contributed by atoms with Crippen molar-refractivity contribution in [1.29, 1.82) is 0 Å². The minimum Gasteiger partial charge on any atom is -0.417 e. The molecule has 0 saturated carbocycles. The molecule has 0 aromatic carbocycles. The summed E-state index contributed by atoms with van der Waals surface area (Å²) in [5, 5.41) is 0. The summed E-state index contributed by atoms with van der Waals surface area (Å²) >= 11 is 0. The summed E-state index contributed by atoms with van der Waals surface area (Å²) in [5.41, 5.74) is 0. The quantitative estimate of drug-likeness (QED) is 0.542. The van der Waals surface area contributed by atoms with Crippen LogP contribution in [0.2, 0.25) is 45.3 Å². The molecule has 0 spiro atoms. The molecule has 15 heavy (non-hydrogen) atoms. The van der Waals surface area contributed by atoms with E-state index in [9.17, 15) is 0 Å². The molecule has 1 nitrogen and oxygen atoms in total. The second-order valence-corrected chi connectivity index (χ2v) is 33.8. The van der Waals surface area contributed by atoms with Crippen molar-refractivity contribution in [3.63, 3.8) is 0 Å². The van der Waals surface area contributed by atoms with Gasteiger partial charge in [0.05, 0.1) is 7.11 Å². The predicted octanol–water partition coefficient (Wildman–Crippen LogP) is 3.74. The van der Waals surface area contributed by atoms with E-state index in [2.05, 4.69) is 45.9 Å². The Morgan fingerprint density at radius 1 is 1.20 bits per heavy atom. The molecule has 0 aromatic heterocycles. The molecular weight excluding hydrogens is 232 g/mol. The zero-order valence-corrected chi connectivity index (χ0v) is 14.2. The third-order valence-corrected chi connectivity index (χ3v) is 45.3. The molecule has 1 atom stereocenters. The molecule has 0 bridgehead atoms. The maximum Gasteiger partial charge on any atom is 0.171 e. The second kappa shape index (κ2) is 3.98. The van der Waals surface area contributed by atoms with Gasteiger partial charge in [0.1, 0.15) is 0 Å². The third kappa shape index (κ3) is 2.23. The van der Waals surface area contributed by atoms with Gasteiger partial charge in [-0.15, -0.1) is 6.58 Å². The van der Waals surface area contributed by atoms with Gasteiger partial charge in [-0.2, -0.15) is 0 Å². The lowest BCUT2D eigenvalue weighted by molar-refractivity contribution is 0.218. The Bertz CT molecular complexity index is 239. The van der Waals surface area contributed by atoms with Crippen LogP contribution in [-0.4, -0.2) is 28.6 Å².